The van der Waals surface area contributed by atoms with Gasteiger partial charge < -0.3 is 15.2 Å². The highest BCUT2D eigenvalue weighted by atomic mass is 16.5. The maximum absolute atomic E-state index is 9.58. The van der Waals surface area contributed by atoms with Crippen LogP contribution in [0, 0.1) is 0 Å². The molecule has 0 bridgehead atoms. The van der Waals surface area contributed by atoms with Gasteiger partial charge in [-0.05, 0) is 46.3 Å². The molecule has 8 nitrogen and oxygen atoms in total. The van der Waals surface area contributed by atoms with E-state index in [0.29, 0.717) is 11.7 Å². The van der Waals surface area contributed by atoms with Gasteiger partial charge >= 0.3 is 0 Å². The number of ether oxygens (including phenoxy) is 1. The summed E-state index contributed by atoms with van der Waals surface area (Å²) in [6, 6.07) is 14.4. The first-order chi connectivity index (χ1) is 11.3. The van der Waals surface area contributed by atoms with Crippen LogP contribution in [-0.4, -0.2) is 38.7 Å². The third kappa shape index (κ3) is 3.43. The molecule has 2 N–H and O–H groups in total. The van der Waals surface area contributed by atoms with Gasteiger partial charge in [-0.25, -0.2) is 0 Å². The molecule has 1 heterocycles. The molecule has 1 aromatic heterocycles. The summed E-state index contributed by atoms with van der Waals surface area (Å²) in [5.74, 6) is 0.824. The lowest BCUT2D eigenvalue weighted by Crippen LogP contribution is -2.01. The molecule has 8 heteroatoms. The Bertz CT molecular complexity index is 816. The van der Waals surface area contributed by atoms with Crippen LogP contribution in [0.3, 0.4) is 0 Å². The average Bonchev–Trinajstić information content (AvgIpc) is 3.02. The number of nitrogens with one attached hydrogen (secondary N) is 1. The predicted molar refractivity (Wildman–Crippen MR) is 85.2 cm³/mol. The van der Waals surface area contributed by atoms with E-state index >= 15 is 0 Å². The third-order valence-electron chi connectivity index (χ3n) is 3.00. The van der Waals surface area contributed by atoms with E-state index in [0.717, 1.165) is 11.3 Å². The number of phenolic OH excluding ortho intramolecular Hbond substituents is 1. The van der Waals surface area contributed by atoms with Crippen molar-refractivity contribution in [2.45, 2.75) is 0 Å². The molecule has 0 saturated heterocycles. The summed E-state index contributed by atoms with van der Waals surface area (Å²) in [6.45, 7) is 0. The quantitative estimate of drug-likeness (QED) is 0.700. The van der Waals surface area contributed by atoms with Crippen LogP contribution in [0.2, 0.25) is 0 Å². The second kappa shape index (κ2) is 6.56. The van der Waals surface area contributed by atoms with Gasteiger partial charge in [-0.15, -0.1) is 0 Å². The van der Waals surface area contributed by atoms with Crippen LogP contribution in [0.5, 0.6) is 11.5 Å². The highest BCUT2D eigenvalue weighted by Crippen LogP contribution is 2.25. The van der Waals surface area contributed by atoms with Gasteiger partial charge in [0.1, 0.15) is 0 Å². The van der Waals surface area contributed by atoms with Crippen LogP contribution in [0.25, 0.3) is 0 Å². The monoisotopic (exact) mass is 310 g/mol. The molecule has 3 rings (SSSR count). The van der Waals surface area contributed by atoms with Gasteiger partial charge in [-0.2, -0.15) is 5.10 Å². The molecule has 116 valence electrons. The molecular formula is C15H14N6O2. The summed E-state index contributed by atoms with van der Waals surface area (Å²) in [4.78, 5) is 1.27. The van der Waals surface area contributed by atoms with Crippen LogP contribution in [0.4, 0.5) is 11.6 Å². The van der Waals surface area contributed by atoms with E-state index in [-0.39, 0.29) is 5.75 Å². The van der Waals surface area contributed by atoms with Gasteiger partial charge in [0.05, 0.1) is 13.3 Å². The Balaban J connectivity index is 1.80. The SMILES string of the molecule is COc1cc(C=Nn2nnnc2Nc2ccccc2)ccc1O. The molecule has 0 fully saturated rings. The van der Waals surface area contributed by atoms with E-state index in [1.54, 1.807) is 18.3 Å². The zero-order valence-corrected chi connectivity index (χ0v) is 12.3. The standard InChI is InChI=1S/C15H14N6O2/c1-23-14-9-11(7-8-13(14)22)10-16-21-15(18-19-20-21)17-12-5-3-2-4-6-12/h2-10,22H,1H3,(H,17,18,20). The number of nitrogens with zero attached hydrogens (tertiary/aromatic N) is 5. The first-order valence-electron chi connectivity index (χ1n) is 6.78. The van der Waals surface area contributed by atoms with Gasteiger partial charge in [-0.1, -0.05) is 28.1 Å². The Kier molecular flexibility index (Phi) is 4.14. The van der Waals surface area contributed by atoms with Gasteiger partial charge in [-0.3, -0.25) is 0 Å². The Morgan fingerprint density at radius 3 is 2.83 bits per heavy atom. The zero-order chi connectivity index (χ0) is 16.1. The lowest BCUT2D eigenvalue weighted by molar-refractivity contribution is 0.373. The predicted octanol–water partition coefficient (Wildman–Crippen LogP) is 2.01. The maximum Gasteiger partial charge on any atom is 0.269 e. The molecule has 3 aromatic rings. The molecule has 2 aromatic carbocycles. The zero-order valence-electron chi connectivity index (χ0n) is 12.3. The number of rotatable bonds is 5. The Labute approximate surface area is 132 Å². The molecule has 0 unspecified atom stereocenters. The number of hydrogen-bond acceptors (Lipinski definition) is 7. The molecule has 0 saturated carbocycles. The van der Waals surface area contributed by atoms with Crippen molar-refractivity contribution in [2.24, 2.45) is 5.10 Å². The third-order valence-corrected chi connectivity index (χ3v) is 3.00. The summed E-state index contributed by atoms with van der Waals surface area (Å²) < 4.78 is 5.05. The number of benzene rings is 2. The van der Waals surface area contributed by atoms with E-state index < -0.39 is 0 Å². The second-order valence-corrected chi connectivity index (χ2v) is 4.56. The minimum Gasteiger partial charge on any atom is -0.504 e. The van der Waals surface area contributed by atoms with Crippen molar-refractivity contribution in [3.63, 3.8) is 0 Å². The number of para-hydroxylation sites is 1. The smallest absolute Gasteiger partial charge is 0.269 e. The molecule has 0 radical (unpaired) electrons. The fourth-order valence-corrected chi connectivity index (χ4v) is 1.88. The number of aromatic hydroxyl groups is 1. The van der Waals surface area contributed by atoms with E-state index in [1.807, 2.05) is 30.3 Å². The summed E-state index contributed by atoms with van der Waals surface area (Å²) in [5, 5.41) is 28.1. The first-order valence-corrected chi connectivity index (χ1v) is 6.78. The second-order valence-electron chi connectivity index (χ2n) is 4.56. The number of methoxy groups -OCH3 is 1. The fourth-order valence-electron chi connectivity index (χ4n) is 1.88. The van der Waals surface area contributed by atoms with Crippen molar-refractivity contribution in [2.75, 3.05) is 12.4 Å². The molecule has 23 heavy (non-hydrogen) atoms. The van der Waals surface area contributed by atoms with E-state index in [2.05, 4.69) is 25.9 Å². The number of tetrazole rings is 1. The maximum atomic E-state index is 9.58. The van der Waals surface area contributed by atoms with E-state index in [9.17, 15) is 5.11 Å². The van der Waals surface area contributed by atoms with Gasteiger partial charge in [0.15, 0.2) is 11.5 Å². The number of phenols is 1. The van der Waals surface area contributed by atoms with Crippen LogP contribution in [-0.2, 0) is 0 Å². The summed E-state index contributed by atoms with van der Waals surface area (Å²) in [5.41, 5.74) is 1.59. The summed E-state index contributed by atoms with van der Waals surface area (Å²) >= 11 is 0. The van der Waals surface area contributed by atoms with Crippen LogP contribution in [0.1, 0.15) is 5.56 Å². The van der Waals surface area contributed by atoms with Crippen molar-refractivity contribution in [1.29, 1.82) is 0 Å². The number of hydrogen-bond donors (Lipinski definition) is 2. The van der Waals surface area contributed by atoms with E-state index in [4.69, 9.17) is 4.74 Å². The number of anilines is 2. The van der Waals surface area contributed by atoms with E-state index in [1.165, 1.54) is 18.0 Å². The first kappa shape index (κ1) is 14.5. The lowest BCUT2D eigenvalue weighted by atomic mass is 10.2. The van der Waals surface area contributed by atoms with Gasteiger partial charge in [0.2, 0.25) is 0 Å². The molecule has 0 amide bonds. The van der Waals surface area contributed by atoms with Crippen molar-refractivity contribution in [1.82, 2.24) is 20.3 Å². The van der Waals surface area contributed by atoms with Crippen molar-refractivity contribution >= 4 is 17.9 Å². The van der Waals surface area contributed by atoms with Gasteiger partial charge in [0.25, 0.3) is 5.95 Å². The highest BCUT2D eigenvalue weighted by molar-refractivity contribution is 5.80. The molecular weight excluding hydrogens is 296 g/mol. The average molecular weight is 310 g/mol. The van der Waals surface area contributed by atoms with Crippen LogP contribution >= 0.6 is 0 Å². The number of aromatic nitrogens is 4. The largest absolute Gasteiger partial charge is 0.504 e. The Morgan fingerprint density at radius 1 is 1.22 bits per heavy atom. The fraction of sp³-hybridized carbons (Fsp3) is 0.0667. The molecule has 0 aliphatic carbocycles. The lowest BCUT2D eigenvalue weighted by Gasteiger charge is -2.04. The summed E-state index contributed by atoms with van der Waals surface area (Å²) in [6.07, 6.45) is 1.56. The van der Waals surface area contributed by atoms with Crippen molar-refractivity contribution in [3.8, 4) is 11.5 Å². The Hall–Kier alpha value is -3.42. The van der Waals surface area contributed by atoms with Crippen LogP contribution < -0.4 is 10.1 Å². The van der Waals surface area contributed by atoms with Crippen molar-refractivity contribution < 1.29 is 9.84 Å². The van der Waals surface area contributed by atoms with Crippen LogP contribution in [0.15, 0.2) is 53.6 Å². The molecule has 0 aliphatic rings. The molecule has 0 atom stereocenters. The van der Waals surface area contributed by atoms with Gasteiger partial charge in [0, 0.05) is 5.69 Å². The summed E-state index contributed by atoms with van der Waals surface area (Å²) in [7, 11) is 1.49. The molecule has 0 aliphatic heterocycles. The molecule has 0 spiro atoms. The Morgan fingerprint density at radius 2 is 2.04 bits per heavy atom. The minimum absolute atomic E-state index is 0.0681. The minimum atomic E-state index is 0.0681. The topological polar surface area (TPSA) is 97.5 Å². The highest BCUT2D eigenvalue weighted by Gasteiger charge is 2.05. The van der Waals surface area contributed by atoms with Crippen molar-refractivity contribution in [3.05, 3.63) is 54.1 Å². The normalized spacial score (nSPS) is 10.8.